The van der Waals surface area contributed by atoms with Crippen LogP contribution in [0.25, 0.3) is 21.5 Å². The first-order chi connectivity index (χ1) is 19.8. The van der Waals surface area contributed by atoms with E-state index in [1.54, 1.807) is 25.1 Å². The summed E-state index contributed by atoms with van der Waals surface area (Å²) in [6, 6.07) is 14.8. The van der Waals surface area contributed by atoms with Crippen LogP contribution in [-0.4, -0.2) is 40.9 Å². The third-order valence-electron chi connectivity index (χ3n) is 5.82. The number of anilines is 4. The van der Waals surface area contributed by atoms with Crippen molar-refractivity contribution in [1.29, 1.82) is 0 Å². The maximum atomic E-state index is 11.8. The minimum atomic E-state index is -4.87. The van der Waals surface area contributed by atoms with E-state index in [2.05, 4.69) is 35.0 Å². The van der Waals surface area contributed by atoms with E-state index in [-0.39, 0.29) is 126 Å². The van der Waals surface area contributed by atoms with Gasteiger partial charge in [0.2, 0.25) is 16.7 Å². The van der Waals surface area contributed by atoms with Gasteiger partial charge in [-0.2, -0.15) is 14.3 Å². The van der Waals surface area contributed by atoms with Crippen molar-refractivity contribution in [1.82, 2.24) is 15.0 Å². The fourth-order valence-electron chi connectivity index (χ4n) is 4.23. The molecule has 0 bridgehead atoms. The summed E-state index contributed by atoms with van der Waals surface area (Å²) in [6.45, 7) is 1.68. The molecule has 0 aliphatic carbocycles. The van der Waals surface area contributed by atoms with Crippen LogP contribution in [0.4, 0.5) is 23.3 Å². The van der Waals surface area contributed by atoms with Crippen LogP contribution in [0.1, 0.15) is 5.56 Å². The minimum absolute atomic E-state index is 0. The van der Waals surface area contributed by atoms with Gasteiger partial charge < -0.3 is 25.0 Å². The molecule has 3 N–H and O–H groups in total. The summed E-state index contributed by atoms with van der Waals surface area (Å²) in [4.78, 5) is 10.5. The van der Waals surface area contributed by atoms with Crippen LogP contribution in [0.5, 0.6) is 0 Å². The van der Waals surface area contributed by atoms with Gasteiger partial charge in [0.25, 0.3) is 0 Å². The van der Waals surface area contributed by atoms with Crippen molar-refractivity contribution >= 4 is 89.3 Å². The summed E-state index contributed by atoms with van der Waals surface area (Å²) < 4.78 is 74.8. The zero-order chi connectivity index (χ0) is 30.2. The van der Waals surface area contributed by atoms with Crippen LogP contribution in [0.15, 0.2) is 75.4 Å². The van der Waals surface area contributed by atoms with Gasteiger partial charge in [0, 0.05) is 16.3 Å². The molecule has 0 saturated carbocycles. The first-order valence-corrected chi connectivity index (χ1v) is 15.5. The number of aromatic nitrogens is 3. The minimum Gasteiger partial charge on any atom is -0.744 e. The van der Waals surface area contributed by atoms with E-state index >= 15 is 0 Å². The number of rotatable bonds is 9. The van der Waals surface area contributed by atoms with Gasteiger partial charge >= 0.3 is 88.7 Å². The topological polar surface area (TPSA) is 222 Å². The number of nitrogens with zero attached hydrogens (tertiary/aromatic N) is 2. The van der Waals surface area contributed by atoms with Crippen LogP contribution in [-0.2, 0) is 29.6 Å². The molecule has 0 aliphatic rings. The first-order valence-electron chi connectivity index (χ1n) is 11.5. The molecule has 0 saturated heterocycles. The van der Waals surface area contributed by atoms with Gasteiger partial charge in [-0.25, -0.2) is 16.8 Å². The van der Waals surface area contributed by atoms with Crippen molar-refractivity contribution < 1.29 is 129 Å². The van der Waals surface area contributed by atoms with Crippen molar-refractivity contribution in [3.05, 3.63) is 71.0 Å². The maximum absolute atomic E-state index is 11.8. The second-order valence-electron chi connectivity index (χ2n) is 8.76. The van der Waals surface area contributed by atoms with Crippen LogP contribution in [0.2, 0.25) is 0 Å². The molecule has 0 atom stereocenters. The number of nitrogens with one attached hydrogen (secondary N) is 3. The van der Waals surface area contributed by atoms with Crippen molar-refractivity contribution in [2.24, 2.45) is 0 Å². The van der Waals surface area contributed by atoms with Crippen LogP contribution >= 0.6 is 24.3 Å². The Kier molecular flexibility index (Phi) is 14.9. The molecular formula is C24H16N5Na3O9S4. The Bertz CT molecular complexity index is 2150. The van der Waals surface area contributed by atoms with Crippen molar-refractivity contribution in [2.45, 2.75) is 21.6 Å². The van der Waals surface area contributed by atoms with Gasteiger partial charge in [-0.15, -0.1) is 0 Å². The molecule has 1 heterocycles. The van der Waals surface area contributed by atoms with Crippen molar-refractivity contribution in [3.8, 4) is 0 Å². The van der Waals surface area contributed by atoms with Gasteiger partial charge in [-0.05, 0) is 88.7 Å². The predicted octanol–water partition coefficient (Wildman–Crippen LogP) is -5.31. The third kappa shape index (κ3) is 10.1. The molecule has 0 spiro atoms. The van der Waals surface area contributed by atoms with Crippen LogP contribution in [0, 0.1) is 11.7 Å². The fourth-order valence-corrected chi connectivity index (χ4v) is 6.45. The summed E-state index contributed by atoms with van der Waals surface area (Å²) in [6.07, 6.45) is 0. The number of benzene rings is 4. The molecule has 0 aliphatic heterocycles. The summed E-state index contributed by atoms with van der Waals surface area (Å²) in [5.41, 5.74) is 1.51. The Labute approximate surface area is 332 Å². The van der Waals surface area contributed by atoms with E-state index in [4.69, 9.17) is 12.2 Å². The first kappa shape index (κ1) is 40.5. The maximum Gasteiger partial charge on any atom is 1.00 e. The molecule has 0 amide bonds. The Morgan fingerprint density at radius 1 is 0.778 bits per heavy atom. The van der Waals surface area contributed by atoms with Crippen LogP contribution in [0.3, 0.4) is 0 Å². The average molecular weight is 716 g/mol. The molecule has 5 aromatic rings. The third-order valence-corrected chi connectivity index (χ3v) is 8.31. The second-order valence-corrected chi connectivity index (χ2v) is 12.6. The molecule has 45 heavy (non-hydrogen) atoms. The van der Waals surface area contributed by atoms with Gasteiger partial charge in [0.1, 0.15) is 20.2 Å². The van der Waals surface area contributed by atoms with Crippen molar-refractivity contribution in [3.63, 3.8) is 0 Å². The Hall–Kier alpha value is -0.720. The molecule has 14 nitrogen and oxygen atoms in total. The van der Waals surface area contributed by atoms with Gasteiger partial charge in [0.15, 0.2) is 0 Å². The number of H-pyrrole nitrogens is 1. The van der Waals surface area contributed by atoms with Gasteiger partial charge in [-0.1, -0.05) is 18.2 Å². The zero-order valence-corrected chi connectivity index (χ0v) is 33.2. The Balaban J connectivity index is 0.00000235. The number of aryl methyl sites for hydroxylation is 1. The summed E-state index contributed by atoms with van der Waals surface area (Å²) in [5.74, 6) is 0.327. The molecule has 0 fully saturated rings. The average Bonchev–Trinajstić information content (AvgIpc) is 2.89. The predicted molar refractivity (Wildman–Crippen MR) is 150 cm³/mol. The zero-order valence-electron chi connectivity index (χ0n) is 24.0. The molecule has 0 radical (unpaired) electrons. The number of hydrogen-bond donors (Lipinski definition) is 3. The van der Waals surface area contributed by atoms with E-state index in [0.717, 1.165) is 6.07 Å². The summed E-state index contributed by atoms with van der Waals surface area (Å²) in [5, 5.41) is 20.8. The molecule has 4 aromatic carbocycles. The molecule has 218 valence electrons. The number of fused-ring (bicyclic) bond motifs is 2. The Morgan fingerprint density at radius 3 is 1.76 bits per heavy atom. The van der Waals surface area contributed by atoms with E-state index in [9.17, 15) is 31.2 Å². The van der Waals surface area contributed by atoms with E-state index in [1.165, 1.54) is 36.4 Å². The smallest absolute Gasteiger partial charge is 0.744 e. The number of aromatic amines is 1. The molecule has 0 unspecified atom stereocenters. The Morgan fingerprint density at radius 2 is 1.27 bits per heavy atom. The molecule has 21 heteroatoms. The SMILES string of the molecule is Cc1cc(S(=O)(=O)[O-])c2ccc(Nc3nc(=S)nc(Nc4ccc5c(S(=O)(=O)[O-])cc(SOO[O-])cc5c4)[nH]3)cc2c1.[Na+].[Na+].[Na+]. The van der Waals surface area contributed by atoms with E-state index < -0.39 is 25.1 Å². The monoisotopic (exact) mass is 715 g/mol. The number of hydrogen-bond acceptors (Lipinski definition) is 15. The molecular weight excluding hydrogens is 700 g/mol. The second kappa shape index (κ2) is 16.6. The standard InChI is InChI=1S/C24H19N5O9S4.3Na/c1-12-6-13-8-15(2-4-18(13)20(7-12)41(31,32)33)25-22-27-23(29-24(39)28-22)26-16-3-5-19-14(9-16)10-17(40-38-37-30)11-21(19)42(34,35)36;;;/h2-11,30H,1H3,(H,31,32,33)(H,34,35,36)(H3,25,26,27,28,29,39);;;/q;3*+1/p-3. The quantitative estimate of drug-likeness (QED) is 0.0324. The summed E-state index contributed by atoms with van der Waals surface area (Å²) in [7, 11) is -9.55. The normalized spacial score (nSPS) is 11.3. The van der Waals surface area contributed by atoms with E-state index in [0.29, 0.717) is 39.8 Å². The molecule has 5 rings (SSSR count). The summed E-state index contributed by atoms with van der Waals surface area (Å²) >= 11 is 5.62. The van der Waals surface area contributed by atoms with Crippen LogP contribution < -0.4 is 105 Å². The van der Waals surface area contributed by atoms with Gasteiger partial charge in [-0.3, -0.25) is 10.0 Å². The largest absolute Gasteiger partial charge is 1.00 e. The van der Waals surface area contributed by atoms with Crippen molar-refractivity contribution in [2.75, 3.05) is 10.6 Å². The van der Waals surface area contributed by atoms with E-state index in [1.807, 2.05) is 0 Å². The van der Waals surface area contributed by atoms with Gasteiger partial charge in [0.05, 0.1) is 21.8 Å². The molecule has 1 aromatic heterocycles. The fraction of sp³-hybridized carbons (Fsp3) is 0.0417.